The Morgan fingerprint density at radius 3 is 2.77 bits per heavy atom. The Balaban J connectivity index is 1.62. The Hall–Kier alpha value is -2.27. The van der Waals surface area contributed by atoms with Gasteiger partial charge in [-0.25, -0.2) is 9.97 Å². The maximum atomic E-state index is 13.2. The van der Waals surface area contributed by atoms with Crippen molar-refractivity contribution in [1.82, 2.24) is 24.5 Å². The molecule has 0 radical (unpaired) electrons. The van der Waals surface area contributed by atoms with Crippen LogP contribution in [0.2, 0.25) is 5.28 Å². The Morgan fingerprint density at radius 1 is 1.30 bits per heavy atom. The topological polar surface area (TPSA) is 118 Å². The van der Waals surface area contributed by atoms with E-state index in [1.165, 1.54) is 6.20 Å². The number of fused-ring (bicyclic) bond motifs is 1. The first-order chi connectivity index (χ1) is 14.5. The van der Waals surface area contributed by atoms with Gasteiger partial charge in [-0.05, 0) is 54.7 Å². The molecule has 3 aromatic rings. The van der Waals surface area contributed by atoms with Crippen LogP contribution in [-0.2, 0) is 22.5 Å². The molecule has 1 fully saturated rings. The first-order valence-corrected chi connectivity index (χ1v) is 11.2. The SMILES string of the molecule is CC[S+]([O-])c1ccc(CNc2nc3cnc(Cl)nc3n(C3CC(OC)C3)c2=O)nc1. The number of hydrogen-bond donors (Lipinski definition) is 1. The van der Waals surface area contributed by atoms with Crippen LogP contribution in [-0.4, -0.2) is 48.0 Å². The summed E-state index contributed by atoms with van der Waals surface area (Å²) < 4.78 is 18.8. The Labute approximate surface area is 181 Å². The predicted octanol–water partition coefficient (Wildman–Crippen LogP) is 2.32. The summed E-state index contributed by atoms with van der Waals surface area (Å²) in [4.78, 5) is 30.8. The van der Waals surface area contributed by atoms with Crippen LogP contribution >= 0.6 is 11.6 Å². The Bertz CT molecular complexity index is 1100. The highest BCUT2D eigenvalue weighted by Gasteiger charge is 2.33. The lowest BCUT2D eigenvalue weighted by molar-refractivity contribution is 0.00636. The van der Waals surface area contributed by atoms with Crippen molar-refractivity contribution in [2.24, 2.45) is 0 Å². The van der Waals surface area contributed by atoms with E-state index < -0.39 is 11.2 Å². The third-order valence-electron chi connectivity index (χ3n) is 5.13. The number of halogens is 1. The largest absolute Gasteiger partial charge is 0.611 e. The van der Waals surface area contributed by atoms with E-state index in [-0.39, 0.29) is 28.8 Å². The molecule has 0 bridgehead atoms. The molecule has 1 N–H and O–H groups in total. The molecule has 1 unspecified atom stereocenters. The second-order valence-electron chi connectivity index (χ2n) is 6.94. The van der Waals surface area contributed by atoms with Crippen molar-refractivity contribution in [3.8, 4) is 0 Å². The maximum absolute atomic E-state index is 13.2. The Morgan fingerprint density at radius 2 is 2.10 bits per heavy atom. The van der Waals surface area contributed by atoms with Crippen molar-refractivity contribution in [2.45, 2.75) is 43.4 Å². The summed E-state index contributed by atoms with van der Waals surface area (Å²) in [6, 6.07) is 3.53. The molecule has 11 heteroatoms. The molecule has 9 nitrogen and oxygen atoms in total. The number of methoxy groups -OCH3 is 1. The first kappa shape index (κ1) is 21.0. The monoisotopic (exact) mass is 448 g/mol. The van der Waals surface area contributed by atoms with E-state index in [0.29, 0.717) is 46.9 Å². The summed E-state index contributed by atoms with van der Waals surface area (Å²) in [5.74, 6) is 0.731. The van der Waals surface area contributed by atoms with Crippen LogP contribution in [0.25, 0.3) is 11.2 Å². The van der Waals surface area contributed by atoms with Gasteiger partial charge in [-0.3, -0.25) is 14.3 Å². The molecule has 0 aliphatic heterocycles. The molecule has 30 heavy (non-hydrogen) atoms. The minimum atomic E-state index is -1.05. The van der Waals surface area contributed by atoms with Crippen LogP contribution in [0.15, 0.2) is 34.2 Å². The minimum Gasteiger partial charge on any atom is -0.611 e. The van der Waals surface area contributed by atoms with E-state index in [0.717, 1.165) is 0 Å². The molecule has 1 saturated carbocycles. The number of nitrogens with zero attached hydrogens (tertiary/aromatic N) is 5. The highest BCUT2D eigenvalue weighted by molar-refractivity contribution is 7.91. The normalized spacial score (nSPS) is 19.5. The zero-order chi connectivity index (χ0) is 21.3. The average molecular weight is 449 g/mol. The minimum absolute atomic E-state index is 0.0408. The number of ether oxygens (including phenoxy) is 1. The zero-order valence-corrected chi connectivity index (χ0v) is 18.1. The van der Waals surface area contributed by atoms with Crippen molar-refractivity contribution in [3.63, 3.8) is 0 Å². The van der Waals surface area contributed by atoms with Crippen LogP contribution in [0.1, 0.15) is 31.5 Å². The molecule has 0 spiro atoms. The van der Waals surface area contributed by atoms with Crippen LogP contribution in [0.3, 0.4) is 0 Å². The van der Waals surface area contributed by atoms with Crippen molar-refractivity contribution >= 4 is 39.8 Å². The highest BCUT2D eigenvalue weighted by Crippen LogP contribution is 2.34. The number of nitrogens with one attached hydrogen (secondary N) is 1. The lowest BCUT2D eigenvalue weighted by Gasteiger charge is -2.35. The van der Waals surface area contributed by atoms with Crippen molar-refractivity contribution in [1.29, 1.82) is 0 Å². The van der Waals surface area contributed by atoms with Gasteiger partial charge >= 0.3 is 0 Å². The fourth-order valence-corrected chi connectivity index (χ4v) is 4.22. The molecule has 1 aliphatic rings. The van der Waals surface area contributed by atoms with E-state index in [9.17, 15) is 9.35 Å². The molecular formula is C19H21ClN6O3S. The maximum Gasteiger partial charge on any atom is 0.295 e. The van der Waals surface area contributed by atoms with Gasteiger partial charge in [0.1, 0.15) is 11.3 Å². The molecule has 0 aromatic carbocycles. The third kappa shape index (κ3) is 4.13. The molecule has 1 atom stereocenters. The molecule has 158 valence electrons. The van der Waals surface area contributed by atoms with Crippen LogP contribution in [0.5, 0.6) is 0 Å². The summed E-state index contributed by atoms with van der Waals surface area (Å²) in [7, 11) is 1.66. The van der Waals surface area contributed by atoms with Gasteiger partial charge in [0.15, 0.2) is 16.4 Å². The average Bonchev–Trinajstić information content (AvgIpc) is 2.73. The molecular weight excluding hydrogens is 428 g/mol. The van der Waals surface area contributed by atoms with Crippen LogP contribution in [0.4, 0.5) is 5.82 Å². The summed E-state index contributed by atoms with van der Waals surface area (Å²) >= 11 is 4.91. The standard InChI is InChI=1S/C19H21ClN6O3S/c1-3-30(28)14-5-4-11(21-9-14)8-22-16-18(27)26(12-6-13(7-12)29-2)17-15(24-16)10-23-19(20)25-17/h4-5,9-10,12-13H,3,6-8H2,1-2H3,(H,22,24). The van der Waals surface area contributed by atoms with Gasteiger partial charge in [-0.2, -0.15) is 4.98 Å². The van der Waals surface area contributed by atoms with Crippen molar-refractivity contribution < 1.29 is 9.29 Å². The lowest BCUT2D eigenvalue weighted by atomic mass is 9.89. The molecule has 1 aliphatic carbocycles. The van der Waals surface area contributed by atoms with Crippen LogP contribution in [0, 0.1) is 0 Å². The Kier molecular flexibility index (Phi) is 6.19. The van der Waals surface area contributed by atoms with E-state index in [1.54, 1.807) is 30.0 Å². The lowest BCUT2D eigenvalue weighted by Crippen LogP contribution is -2.39. The van der Waals surface area contributed by atoms with Gasteiger partial charge in [-0.1, -0.05) is 0 Å². The molecule has 3 aromatic heterocycles. The summed E-state index contributed by atoms with van der Waals surface area (Å²) in [6.45, 7) is 2.16. The second kappa shape index (κ2) is 8.84. The summed E-state index contributed by atoms with van der Waals surface area (Å²) in [5.41, 5.74) is 1.31. The quantitative estimate of drug-likeness (QED) is 0.432. The summed E-state index contributed by atoms with van der Waals surface area (Å²) in [6.07, 6.45) is 4.65. The number of rotatable bonds is 7. The smallest absolute Gasteiger partial charge is 0.295 e. The van der Waals surface area contributed by atoms with E-state index in [4.69, 9.17) is 16.3 Å². The molecule has 0 amide bonds. The number of hydrogen-bond acceptors (Lipinski definition) is 8. The van der Waals surface area contributed by atoms with Gasteiger partial charge in [0.25, 0.3) is 5.56 Å². The van der Waals surface area contributed by atoms with Gasteiger partial charge in [0.2, 0.25) is 5.28 Å². The van der Waals surface area contributed by atoms with Gasteiger partial charge in [-0.15, -0.1) is 0 Å². The van der Waals surface area contributed by atoms with Gasteiger partial charge in [0, 0.05) is 13.2 Å². The zero-order valence-electron chi connectivity index (χ0n) is 16.5. The van der Waals surface area contributed by atoms with E-state index >= 15 is 0 Å². The predicted molar refractivity (Wildman–Crippen MR) is 114 cm³/mol. The van der Waals surface area contributed by atoms with E-state index in [1.807, 2.05) is 6.92 Å². The fourth-order valence-electron chi connectivity index (χ4n) is 3.37. The van der Waals surface area contributed by atoms with Crippen LogP contribution < -0.4 is 10.9 Å². The number of anilines is 1. The van der Waals surface area contributed by atoms with Gasteiger partial charge in [0.05, 0.1) is 30.7 Å². The second-order valence-corrected chi connectivity index (χ2v) is 9.02. The molecule has 3 heterocycles. The van der Waals surface area contributed by atoms with E-state index in [2.05, 4.69) is 25.3 Å². The van der Waals surface area contributed by atoms with Gasteiger partial charge < -0.3 is 14.6 Å². The first-order valence-electron chi connectivity index (χ1n) is 9.55. The molecule has 0 saturated heterocycles. The van der Waals surface area contributed by atoms with Crippen molar-refractivity contribution in [3.05, 3.63) is 45.9 Å². The number of aromatic nitrogens is 5. The molecule has 4 rings (SSSR count). The highest BCUT2D eigenvalue weighted by atomic mass is 35.5. The number of pyridine rings is 1. The van der Waals surface area contributed by atoms with Crippen molar-refractivity contribution in [2.75, 3.05) is 18.2 Å². The third-order valence-corrected chi connectivity index (χ3v) is 6.60. The summed E-state index contributed by atoms with van der Waals surface area (Å²) in [5, 5.41) is 3.13. The fraction of sp³-hybridized carbons (Fsp3) is 0.421.